The van der Waals surface area contributed by atoms with Crippen LogP contribution in [0.5, 0.6) is 0 Å². The van der Waals surface area contributed by atoms with E-state index in [-0.39, 0.29) is 5.56 Å². The van der Waals surface area contributed by atoms with Crippen molar-refractivity contribution in [3.05, 3.63) is 82.5 Å². The van der Waals surface area contributed by atoms with Crippen LogP contribution in [0.25, 0.3) is 0 Å². The summed E-state index contributed by atoms with van der Waals surface area (Å²) in [5.41, 5.74) is 0.714. The van der Waals surface area contributed by atoms with Crippen molar-refractivity contribution in [3.8, 4) is 0 Å². The number of rotatable bonds is 4. The molecule has 1 aromatic carbocycles. The van der Waals surface area contributed by atoms with E-state index < -0.39 is 11.5 Å². The minimum atomic E-state index is -0.484. The van der Waals surface area contributed by atoms with Crippen LogP contribution in [-0.4, -0.2) is 20.4 Å². The number of amides is 1. The minimum Gasteiger partial charge on any atom is -0.328 e. The monoisotopic (exact) mass is 294 g/mol. The number of hydrogen-bond acceptors (Lipinski definition) is 3. The first-order chi connectivity index (χ1) is 10.7. The lowest BCUT2D eigenvalue weighted by molar-refractivity contribution is 0.102. The van der Waals surface area contributed by atoms with Gasteiger partial charge in [0.1, 0.15) is 5.56 Å². The van der Waals surface area contributed by atoms with E-state index in [4.69, 9.17) is 0 Å². The highest BCUT2D eigenvalue weighted by Crippen LogP contribution is 2.10. The second-order valence-corrected chi connectivity index (χ2v) is 4.73. The molecule has 3 rings (SSSR count). The van der Waals surface area contributed by atoms with E-state index in [0.717, 1.165) is 5.56 Å². The van der Waals surface area contributed by atoms with Crippen molar-refractivity contribution in [2.75, 3.05) is 5.32 Å². The van der Waals surface area contributed by atoms with Crippen LogP contribution in [0.1, 0.15) is 15.9 Å². The SMILES string of the molecule is O=C(Nc1nccn1Cc1ccccc1)c1ccc[nH]c1=O. The lowest BCUT2D eigenvalue weighted by atomic mass is 10.2. The molecule has 0 saturated carbocycles. The smallest absolute Gasteiger partial charge is 0.263 e. The molecular formula is C16H14N4O2. The molecule has 0 aliphatic heterocycles. The van der Waals surface area contributed by atoms with Crippen LogP contribution in [0, 0.1) is 0 Å². The minimum absolute atomic E-state index is 0.0526. The summed E-state index contributed by atoms with van der Waals surface area (Å²) in [5.74, 6) is -0.0838. The molecule has 2 heterocycles. The Balaban J connectivity index is 1.80. The molecule has 0 aliphatic carbocycles. The molecule has 110 valence electrons. The standard InChI is InChI=1S/C16H14N4O2/c21-14-13(7-4-8-17-14)15(22)19-16-18-9-10-20(16)11-12-5-2-1-3-6-12/h1-10H,11H2,(H,17,21)(H,18,19,22). The number of carbonyl (C=O) groups excluding carboxylic acids is 1. The van der Waals surface area contributed by atoms with E-state index in [2.05, 4.69) is 15.3 Å². The molecule has 0 bridgehead atoms. The summed E-state index contributed by atoms with van der Waals surface area (Å²) < 4.78 is 1.81. The maximum absolute atomic E-state index is 12.2. The molecule has 0 atom stereocenters. The fourth-order valence-electron chi connectivity index (χ4n) is 2.11. The van der Waals surface area contributed by atoms with Crippen LogP contribution in [-0.2, 0) is 6.54 Å². The largest absolute Gasteiger partial charge is 0.328 e. The number of anilines is 1. The number of H-pyrrole nitrogens is 1. The molecule has 0 aliphatic rings. The third-order valence-electron chi connectivity index (χ3n) is 3.20. The first-order valence-corrected chi connectivity index (χ1v) is 6.78. The summed E-state index contributed by atoms with van der Waals surface area (Å²) >= 11 is 0. The molecule has 6 heteroatoms. The average Bonchev–Trinajstić information content (AvgIpc) is 2.95. The first kappa shape index (κ1) is 13.8. The van der Waals surface area contributed by atoms with Crippen LogP contribution in [0.4, 0.5) is 5.95 Å². The second kappa shape index (κ2) is 6.09. The number of nitrogens with zero attached hydrogens (tertiary/aromatic N) is 2. The predicted molar refractivity (Wildman–Crippen MR) is 82.8 cm³/mol. The number of nitrogens with one attached hydrogen (secondary N) is 2. The van der Waals surface area contributed by atoms with Crippen LogP contribution in [0.2, 0.25) is 0 Å². The molecule has 2 aromatic heterocycles. The van der Waals surface area contributed by atoms with Crippen molar-refractivity contribution in [1.29, 1.82) is 0 Å². The summed E-state index contributed by atoms with van der Waals surface area (Å²) in [6.07, 6.45) is 4.86. The van der Waals surface area contributed by atoms with Crippen molar-refractivity contribution < 1.29 is 4.79 Å². The Labute approximate surface area is 126 Å². The topological polar surface area (TPSA) is 79.8 Å². The zero-order valence-electron chi connectivity index (χ0n) is 11.7. The van der Waals surface area contributed by atoms with Gasteiger partial charge in [-0.25, -0.2) is 4.98 Å². The molecule has 6 nitrogen and oxygen atoms in total. The van der Waals surface area contributed by atoms with Crippen molar-refractivity contribution in [2.24, 2.45) is 0 Å². The number of carbonyl (C=O) groups is 1. The van der Waals surface area contributed by atoms with E-state index in [0.29, 0.717) is 12.5 Å². The highest BCUT2D eigenvalue weighted by atomic mass is 16.2. The van der Waals surface area contributed by atoms with Gasteiger partial charge in [-0.3, -0.25) is 14.9 Å². The number of benzene rings is 1. The van der Waals surface area contributed by atoms with Gasteiger partial charge in [0.2, 0.25) is 5.95 Å². The highest BCUT2D eigenvalue weighted by Gasteiger charge is 2.13. The Hall–Kier alpha value is -3.15. The first-order valence-electron chi connectivity index (χ1n) is 6.78. The van der Waals surface area contributed by atoms with Gasteiger partial charge >= 0.3 is 0 Å². The van der Waals surface area contributed by atoms with Crippen molar-refractivity contribution in [1.82, 2.24) is 14.5 Å². The summed E-state index contributed by atoms with van der Waals surface area (Å²) in [5, 5.41) is 2.66. The van der Waals surface area contributed by atoms with Crippen molar-refractivity contribution in [3.63, 3.8) is 0 Å². The molecule has 0 radical (unpaired) electrons. The Morgan fingerprint density at radius 1 is 1.18 bits per heavy atom. The van der Waals surface area contributed by atoms with Crippen molar-refractivity contribution >= 4 is 11.9 Å². The molecule has 22 heavy (non-hydrogen) atoms. The van der Waals surface area contributed by atoms with Crippen LogP contribution < -0.4 is 10.9 Å². The zero-order chi connectivity index (χ0) is 15.4. The molecule has 0 spiro atoms. The van der Waals surface area contributed by atoms with Crippen LogP contribution >= 0.6 is 0 Å². The Morgan fingerprint density at radius 3 is 2.77 bits per heavy atom. The lowest BCUT2D eigenvalue weighted by Crippen LogP contribution is -2.24. The molecule has 1 amide bonds. The van der Waals surface area contributed by atoms with E-state index in [1.54, 1.807) is 18.5 Å². The average molecular weight is 294 g/mol. The summed E-state index contributed by atoms with van der Waals surface area (Å²) in [6.45, 7) is 0.585. The fourth-order valence-corrected chi connectivity index (χ4v) is 2.11. The number of imidazole rings is 1. The van der Waals surface area contributed by atoms with Crippen molar-refractivity contribution in [2.45, 2.75) is 6.54 Å². The quantitative estimate of drug-likeness (QED) is 0.771. The van der Waals surface area contributed by atoms with E-state index in [1.807, 2.05) is 34.9 Å². The Kier molecular flexibility index (Phi) is 3.82. The van der Waals surface area contributed by atoms with Gasteiger partial charge in [-0.05, 0) is 17.7 Å². The number of hydrogen-bond donors (Lipinski definition) is 2. The van der Waals surface area contributed by atoms with Gasteiger partial charge in [-0.15, -0.1) is 0 Å². The Morgan fingerprint density at radius 2 is 2.00 bits per heavy atom. The van der Waals surface area contributed by atoms with Gasteiger partial charge in [-0.2, -0.15) is 0 Å². The van der Waals surface area contributed by atoms with Crippen LogP contribution in [0.3, 0.4) is 0 Å². The number of aromatic nitrogens is 3. The molecule has 0 fully saturated rings. The van der Waals surface area contributed by atoms with Gasteiger partial charge in [0.15, 0.2) is 0 Å². The van der Waals surface area contributed by atoms with Gasteiger partial charge in [-0.1, -0.05) is 30.3 Å². The van der Waals surface area contributed by atoms with Gasteiger partial charge < -0.3 is 9.55 Å². The molecule has 0 saturated heterocycles. The third kappa shape index (κ3) is 2.95. The molecule has 0 unspecified atom stereocenters. The lowest BCUT2D eigenvalue weighted by Gasteiger charge is -2.08. The van der Waals surface area contributed by atoms with Gasteiger partial charge in [0.25, 0.3) is 11.5 Å². The number of pyridine rings is 1. The Bertz CT molecular complexity index is 836. The van der Waals surface area contributed by atoms with Gasteiger partial charge in [0, 0.05) is 18.6 Å². The van der Waals surface area contributed by atoms with Crippen LogP contribution in [0.15, 0.2) is 65.8 Å². The normalized spacial score (nSPS) is 10.4. The zero-order valence-corrected chi connectivity index (χ0v) is 11.7. The highest BCUT2D eigenvalue weighted by molar-refractivity contribution is 6.03. The van der Waals surface area contributed by atoms with E-state index in [1.165, 1.54) is 12.3 Å². The summed E-state index contributed by atoms with van der Waals surface area (Å²) in [7, 11) is 0. The van der Waals surface area contributed by atoms with Gasteiger partial charge in [0.05, 0.1) is 6.54 Å². The molecule has 2 N–H and O–H groups in total. The van der Waals surface area contributed by atoms with E-state index >= 15 is 0 Å². The third-order valence-corrected chi connectivity index (χ3v) is 3.20. The fraction of sp³-hybridized carbons (Fsp3) is 0.0625. The maximum Gasteiger partial charge on any atom is 0.263 e. The summed E-state index contributed by atoms with van der Waals surface area (Å²) in [6, 6.07) is 12.9. The molecule has 3 aromatic rings. The maximum atomic E-state index is 12.2. The molecular weight excluding hydrogens is 280 g/mol. The van der Waals surface area contributed by atoms with E-state index in [9.17, 15) is 9.59 Å². The number of aromatic amines is 1. The predicted octanol–water partition coefficient (Wildman–Crippen LogP) is 1.87. The summed E-state index contributed by atoms with van der Waals surface area (Å²) in [4.78, 5) is 30.4. The second-order valence-electron chi connectivity index (χ2n) is 4.73.